The molecule has 0 fully saturated rings. The molecule has 0 aliphatic heterocycles. The normalized spacial score (nSPS) is 10.6. The Bertz CT molecular complexity index is 538. The van der Waals surface area contributed by atoms with Gasteiger partial charge in [0.05, 0.1) is 0 Å². The number of benzene rings is 1. The molecule has 0 spiro atoms. The van der Waals surface area contributed by atoms with E-state index in [9.17, 15) is 4.39 Å². The minimum atomic E-state index is -0.206. The molecule has 0 radical (unpaired) electrons. The van der Waals surface area contributed by atoms with Crippen LogP contribution in [0.5, 0.6) is 0 Å². The van der Waals surface area contributed by atoms with Gasteiger partial charge in [0.1, 0.15) is 5.82 Å². The van der Waals surface area contributed by atoms with Crippen LogP contribution in [0.4, 0.5) is 4.39 Å². The SMILES string of the molecule is CCNCc1ccc(F)c(-c2cncc(C)c2)c1. The van der Waals surface area contributed by atoms with Gasteiger partial charge in [-0.3, -0.25) is 4.98 Å². The maximum absolute atomic E-state index is 13.9. The highest BCUT2D eigenvalue weighted by molar-refractivity contribution is 5.64. The molecule has 1 aromatic heterocycles. The van der Waals surface area contributed by atoms with Crippen molar-refractivity contribution in [2.45, 2.75) is 20.4 Å². The lowest BCUT2D eigenvalue weighted by atomic mass is 10.0. The average Bonchev–Trinajstić information content (AvgIpc) is 2.38. The van der Waals surface area contributed by atoms with E-state index in [4.69, 9.17) is 0 Å². The second-order valence-corrected chi connectivity index (χ2v) is 4.35. The number of pyridine rings is 1. The fourth-order valence-corrected chi connectivity index (χ4v) is 1.88. The number of aromatic nitrogens is 1. The van der Waals surface area contributed by atoms with Crippen molar-refractivity contribution in [2.24, 2.45) is 0 Å². The number of aryl methyl sites for hydroxylation is 1. The molecule has 2 rings (SSSR count). The minimum absolute atomic E-state index is 0.206. The van der Waals surface area contributed by atoms with Gasteiger partial charge in [-0.1, -0.05) is 13.0 Å². The Labute approximate surface area is 107 Å². The van der Waals surface area contributed by atoms with Crippen LogP contribution >= 0.6 is 0 Å². The average molecular weight is 244 g/mol. The standard InChI is InChI=1S/C15H17FN2/c1-3-17-9-12-4-5-15(16)14(7-12)13-6-11(2)8-18-10-13/h4-8,10,17H,3,9H2,1-2H3. The zero-order valence-electron chi connectivity index (χ0n) is 10.7. The molecule has 3 heteroatoms. The van der Waals surface area contributed by atoms with Gasteiger partial charge in [-0.25, -0.2) is 4.39 Å². The minimum Gasteiger partial charge on any atom is -0.313 e. The number of halogens is 1. The van der Waals surface area contributed by atoms with Gasteiger partial charge in [0.2, 0.25) is 0 Å². The first-order chi connectivity index (χ1) is 8.70. The van der Waals surface area contributed by atoms with Gasteiger partial charge in [-0.15, -0.1) is 0 Å². The van der Waals surface area contributed by atoms with E-state index in [0.717, 1.165) is 29.8 Å². The fraction of sp³-hybridized carbons (Fsp3) is 0.267. The predicted octanol–water partition coefficient (Wildman–Crippen LogP) is 3.31. The lowest BCUT2D eigenvalue weighted by Crippen LogP contribution is -2.11. The third-order valence-corrected chi connectivity index (χ3v) is 2.80. The van der Waals surface area contributed by atoms with E-state index in [1.807, 2.05) is 25.1 Å². The van der Waals surface area contributed by atoms with Crippen LogP contribution in [0.2, 0.25) is 0 Å². The predicted molar refractivity (Wildman–Crippen MR) is 71.7 cm³/mol. The molecule has 0 amide bonds. The number of rotatable bonds is 4. The van der Waals surface area contributed by atoms with Crippen LogP contribution in [0.25, 0.3) is 11.1 Å². The molecular weight excluding hydrogens is 227 g/mol. The summed E-state index contributed by atoms with van der Waals surface area (Å²) in [7, 11) is 0. The highest BCUT2D eigenvalue weighted by atomic mass is 19.1. The molecule has 0 aliphatic rings. The molecule has 0 aliphatic carbocycles. The molecular formula is C15H17FN2. The monoisotopic (exact) mass is 244 g/mol. The molecule has 18 heavy (non-hydrogen) atoms. The highest BCUT2D eigenvalue weighted by Crippen LogP contribution is 2.24. The van der Waals surface area contributed by atoms with Crippen LogP contribution in [0.3, 0.4) is 0 Å². The first-order valence-electron chi connectivity index (χ1n) is 6.12. The number of hydrogen-bond donors (Lipinski definition) is 1. The molecule has 0 bridgehead atoms. The Morgan fingerprint density at radius 3 is 2.78 bits per heavy atom. The van der Waals surface area contributed by atoms with E-state index in [-0.39, 0.29) is 5.82 Å². The van der Waals surface area contributed by atoms with Crippen molar-refractivity contribution >= 4 is 0 Å². The van der Waals surface area contributed by atoms with Gasteiger partial charge in [-0.2, -0.15) is 0 Å². The summed E-state index contributed by atoms with van der Waals surface area (Å²) in [6.07, 6.45) is 3.46. The highest BCUT2D eigenvalue weighted by Gasteiger charge is 2.06. The van der Waals surface area contributed by atoms with Crippen molar-refractivity contribution in [1.29, 1.82) is 0 Å². The molecule has 2 aromatic rings. The molecule has 2 nitrogen and oxygen atoms in total. The molecule has 1 aromatic carbocycles. The molecule has 0 unspecified atom stereocenters. The van der Waals surface area contributed by atoms with Gasteiger partial charge < -0.3 is 5.32 Å². The molecule has 94 valence electrons. The Balaban J connectivity index is 2.37. The number of hydrogen-bond acceptors (Lipinski definition) is 2. The van der Waals surface area contributed by atoms with Crippen molar-refractivity contribution in [3.8, 4) is 11.1 Å². The summed E-state index contributed by atoms with van der Waals surface area (Å²) in [4.78, 5) is 4.11. The molecule has 0 saturated carbocycles. The second kappa shape index (κ2) is 5.74. The van der Waals surface area contributed by atoms with Gasteiger partial charge >= 0.3 is 0 Å². The van der Waals surface area contributed by atoms with Crippen LogP contribution in [0.1, 0.15) is 18.1 Å². The van der Waals surface area contributed by atoms with Crippen LogP contribution in [-0.4, -0.2) is 11.5 Å². The summed E-state index contributed by atoms with van der Waals surface area (Å²) < 4.78 is 13.9. The molecule has 0 saturated heterocycles. The number of nitrogens with zero attached hydrogens (tertiary/aromatic N) is 1. The van der Waals surface area contributed by atoms with E-state index in [2.05, 4.69) is 17.2 Å². The van der Waals surface area contributed by atoms with E-state index >= 15 is 0 Å². The summed E-state index contributed by atoms with van der Waals surface area (Å²) in [6, 6.07) is 7.16. The summed E-state index contributed by atoms with van der Waals surface area (Å²) in [6.45, 7) is 5.66. The van der Waals surface area contributed by atoms with Gasteiger partial charge in [-0.05, 0) is 42.8 Å². The summed E-state index contributed by atoms with van der Waals surface area (Å²) >= 11 is 0. The quantitative estimate of drug-likeness (QED) is 0.892. The van der Waals surface area contributed by atoms with Crippen LogP contribution in [-0.2, 0) is 6.54 Å². The Morgan fingerprint density at radius 2 is 2.06 bits per heavy atom. The van der Waals surface area contributed by atoms with E-state index < -0.39 is 0 Å². The summed E-state index contributed by atoms with van der Waals surface area (Å²) in [5, 5.41) is 3.24. The van der Waals surface area contributed by atoms with Crippen LogP contribution in [0, 0.1) is 12.7 Å². The fourth-order valence-electron chi connectivity index (χ4n) is 1.88. The van der Waals surface area contributed by atoms with Crippen molar-refractivity contribution in [2.75, 3.05) is 6.54 Å². The zero-order chi connectivity index (χ0) is 13.0. The van der Waals surface area contributed by atoms with Gasteiger partial charge in [0, 0.05) is 30.1 Å². The Morgan fingerprint density at radius 1 is 1.22 bits per heavy atom. The van der Waals surface area contributed by atoms with Gasteiger partial charge in [0.25, 0.3) is 0 Å². The maximum atomic E-state index is 13.9. The molecule has 1 N–H and O–H groups in total. The lowest BCUT2D eigenvalue weighted by molar-refractivity contribution is 0.629. The van der Waals surface area contributed by atoms with Crippen molar-refractivity contribution in [1.82, 2.24) is 10.3 Å². The van der Waals surface area contributed by atoms with E-state index in [1.165, 1.54) is 6.07 Å². The largest absolute Gasteiger partial charge is 0.313 e. The first kappa shape index (κ1) is 12.7. The van der Waals surface area contributed by atoms with Crippen LogP contribution < -0.4 is 5.32 Å². The maximum Gasteiger partial charge on any atom is 0.131 e. The van der Waals surface area contributed by atoms with E-state index in [0.29, 0.717) is 5.56 Å². The summed E-state index contributed by atoms with van der Waals surface area (Å²) in [5.41, 5.74) is 3.55. The third-order valence-electron chi connectivity index (χ3n) is 2.80. The Hall–Kier alpha value is -1.74. The van der Waals surface area contributed by atoms with Crippen molar-refractivity contribution in [3.63, 3.8) is 0 Å². The topological polar surface area (TPSA) is 24.9 Å². The van der Waals surface area contributed by atoms with Crippen molar-refractivity contribution < 1.29 is 4.39 Å². The number of nitrogens with one attached hydrogen (secondary N) is 1. The second-order valence-electron chi connectivity index (χ2n) is 4.35. The molecule has 1 heterocycles. The summed E-state index contributed by atoms with van der Waals surface area (Å²) in [5.74, 6) is -0.206. The van der Waals surface area contributed by atoms with Crippen molar-refractivity contribution in [3.05, 3.63) is 53.6 Å². The van der Waals surface area contributed by atoms with Crippen LogP contribution in [0.15, 0.2) is 36.7 Å². The van der Waals surface area contributed by atoms with Gasteiger partial charge in [0.15, 0.2) is 0 Å². The Kier molecular flexibility index (Phi) is 4.05. The lowest BCUT2D eigenvalue weighted by Gasteiger charge is -2.08. The molecule has 0 atom stereocenters. The first-order valence-corrected chi connectivity index (χ1v) is 6.12. The van der Waals surface area contributed by atoms with E-state index in [1.54, 1.807) is 12.4 Å². The smallest absolute Gasteiger partial charge is 0.131 e. The zero-order valence-corrected chi connectivity index (χ0v) is 10.7. The third kappa shape index (κ3) is 2.93.